The van der Waals surface area contributed by atoms with Crippen molar-refractivity contribution in [3.63, 3.8) is 0 Å². The van der Waals surface area contributed by atoms with Gasteiger partial charge in [0.1, 0.15) is 18.3 Å². The minimum atomic E-state index is -4.25. The van der Waals surface area contributed by atoms with E-state index in [9.17, 15) is 18.0 Å². The zero-order valence-corrected chi connectivity index (χ0v) is 28.9. The monoisotopic (exact) mass is 687 g/mol. The van der Waals surface area contributed by atoms with Gasteiger partial charge in [0.2, 0.25) is 11.8 Å². The molecule has 4 aromatic rings. The van der Waals surface area contributed by atoms with E-state index in [0.29, 0.717) is 16.3 Å². The molecule has 252 valence electrons. The maximum absolute atomic E-state index is 14.8. The standard InChI is InChI=1S/C38H42ClN3O5S/c1-28-21-22-36(47-2)34(23-28)42(48(45,46)33-19-10-5-11-20-33)27-37(43)41(26-30-15-12-16-31(39)24-30)35(25-29-13-6-3-7-14-29)38(44)40-32-17-8-4-9-18-32/h3,5-7,10-16,19-24,32,35H,4,8-9,17-18,25-27H2,1-2H3,(H,40,44)/t35-/m1/s1. The fourth-order valence-corrected chi connectivity index (χ4v) is 7.81. The van der Waals surface area contributed by atoms with Gasteiger partial charge in [0.15, 0.2) is 0 Å². The maximum Gasteiger partial charge on any atom is 0.264 e. The van der Waals surface area contributed by atoms with Gasteiger partial charge in [0.25, 0.3) is 10.0 Å². The Morgan fingerprint density at radius 1 is 0.875 bits per heavy atom. The minimum absolute atomic E-state index is 0.0131. The van der Waals surface area contributed by atoms with Crippen LogP contribution in [0.3, 0.4) is 0 Å². The lowest BCUT2D eigenvalue weighted by molar-refractivity contribution is -0.140. The summed E-state index contributed by atoms with van der Waals surface area (Å²) < 4.78 is 35.4. The number of halogens is 1. The van der Waals surface area contributed by atoms with Crippen LogP contribution in [0.1, 0.15) is 48.8 Å². The number of benzene rings is 4. The van der Waals surface area contributed by atoms with Gasteiger partial charge in [0, 0.05) is 24.0 Å². The van der Waals surface area contributed by atoms with Gasteiger partial charge in [-0.1, -0.05) is 97.6 Å². The Kier molecular flexibility index (Phi) is 11.8. The zero-order chi connectivity index (χ0) is 34.1. The molecule has 0 aromatic heterocycles. The van der Waals surface area contributed by atoms with Crippen LogP contribution in [0, 0.1) is 6.92 Å². The average molecular weight is 688 g/mol. The summed E-state index contributed by atoms with van der Waals surface area (Å²) in [5, 5.41) is 3.72. The first kappa shape index (κ1) is 35.0. The Morgan fingerprint density at radius 3 is 2.21 bits per heavy atom. The highest BCUT2D eigenvalue weighted by molar-refractivity contribution is 7.92. The number of sulfonamides is 1. The third-order valence-corrected chi connectivity index (χ3v) is 10.7. The van der Waals surface area contributed by atoms with Crippen LogP contribution in [0.15, 0.2) is 108 Å². The largest absolute Gasteiger partial charge is 0.495 e. The number of carbonyl (C=O) groups excluding carboxylic acids is 2. The molecular formula is C38H42ClN3O5S. The first-order valence-corrected chi connectivity index (χ1v) is 18.1. The van der Waals surface area contributed by atoms with Crippen LogP contribution in [0.4, 0.5) is 5.69 Å². The van der Waals surface area contributed by atoms with E-state index in [1.807, 2.05) is 49.4 Å². The number of hydrogen-bond acceptors (Lipinski definition) is 5. The Hall–Kier alpha value is -4.34. The van der Waals surface area contributed by atoms with E-state index >= 15 is 0 Å². The van der Waals surface area contributed by atoms with Crippen LogP contribution in [0.25, 0.3) is 0 Å². The van der Waals surface area contributed by atoms with E-state index in [-0.39, 0.29) is 35.5 Å². The molecule has 1 N–H and O–H groups in total. The van der Waals surface area contributed by atoms with E-state index < -0.39 is 28.5 Å². The van der Waals surface area contributed by atoms with E-state index in [1.54, 1.807) is 48.5 Å². The molecule has 10 heteroatoms. The quantitative estimate of drug-likeness (QED) is 0.164. The van der Waals surface area contributed by atoms with Crippen LogP contribution >= 0.6 is 11.6 Å². The lowest BCUT2D eigenvalue weighted by Crippen LogP contribution is -2.55. The van der Waals surface area contributed by atoms with E-state index in [2.05, 4.69) is 5.32 Å². The molecule has 1 aliphatic carbocycles. The number of methoxy groups -OCH3 is 1. The molecule has 8 nitrogen and oxygen atoms in total. The molecule has 1 atom stereocenters. The fourth-order valence-electron chi connectivity index (χ4n) is 6.16. The molecule has 0 unspecified atom stereocenters. The normalized spacial score (nSPS) is 14.1. The molecule has 1 fully saturated rings. The SMILES string of the molecule is COc1ccc(C)cc1N(CC(=O)N(Cc1cccc(Cl)c1)[C@H](Cc1ccccc1)C(=O)NC1CCCCC1)S(=O)(=O)c1ccccc1. The van der Waals surface area contributed by atoms with Crippen LogP contribution in [-0.4, -0.2) is 50.9 Å². The van der Waals surface area contributed by atoms with Gasteiger partial charge in [-0.05, 0) is 72.9 Å². The van der Waals surface area contributed by atoms with Gasteiger partial charge in [-0.15, -0.1) is 0 Å². The molecule has 0 radical (unpaired) electrons. The molecule has 0 aliphatic heterocycles. The molecule has 2 amide bonds. The van der Waals surface area contributed by atoms with Crippen molar-refractivity contribution in [2.45, 2.75) is 69.0 Å². The Balaban J connectivity index is 1.60. The first-order valence-electron chi connectivity index (χ1n) is 16.3. The number of hydrogen-bond donors (Lipinski definition) is 1. The van der Waals surface area contributed by atoms with Crippen molar-refractivity contribution in [2.24, 2.45) is 0 Å². The Labute approximate surface area is 288 Å². The van der Waals surface area contributed by atoms with Gasteiger partial charge in [0.05, 0.1) is 17.7 Å². The molecule has 1 aliphatic rings. The summed E-state index contributed by atoms with van der Waals surface area (Å²) in [6.45, 7) is 1.31. The summed E-state index contributed by atoms with van der Waals surface area (Å²) in [6, 6.07) is 28.9. The number of nitrogens with one attached hydrogen (secondary N) is 1. The number of aryl methyl sites for hydroxylation is 1. The van der Waals surface area contributed by atoms with E-state index in [0.717, 1.165) is 47.5 Å². The summed E-state index contributed by atoms with van der Waals surface area (Å²) in [7, 11) is -2.80. The van der Waals surface area contributed by atoms with Crippen molar-refractivity contribution < 1.29 is 22.7 Å². The van der Waals surface area contributed by atoms with E-state index in [4.69, 9.17) is 16.3 Å². The topological polar surface area (TPSA) is 96.0 Å². The van der Waals surface area contributed by atoms with Gasteiger partial charge < -0.3 is 15.0 Å². The zero-order valence-electron chi connectivity index (χ0n) is 27.3. The summed E-state index contributed by atoms with van der Waals surface area (Å²) in [5.41, 5.74) is 2.60. The number of carbonyl (C=O) groups is 2. The van der Waals surface area contributed by atoms with Crippen LogP contribution < -0.4 is 14.4 Å². The fraction of sp³-hybridized carbons (Fsp3) is 0.316. The second kappa shape index (κ2) is 16.2. The third-order valence-electron chi connectivity index (χ3n) is 8.68. The molecule has 0 spiro atoms. The molecule has 0 saturated heterocycles. The lowest BCUT2D eigenvalue weighted by atomic mass is 9.94. The number of rotatable bonds is 13. The van der Waals surface area contributed by atoms with Crippen LogP contribution in [0.5, 0.6) is 5.75 Å². The Morgan fingerprint density at radius 2 is 1.54 bits per heavy atom. The highest BCUT2D eigenvalue weighted by atomic mass is 35.5. The van der Waals surface area contributed by atoms with Crippen molar-refractivity contribution in [2.75, 3.05) is 18.0 Å². The summed E-state index contributed by atoms with van der Waals surface area (Å²) in [5.74, 6) is -0.519. The lowest BCUT2D eigenvalue weighted by Gasteiger charge is -2.35. The number of ether oxygens (including phenoxy) is 1. The van der Waals surface area contributed by atoms with Gasteiger partial charge in [-0.2, -0.15) is 0 Å². The Bertz CT molecular complexity index is 1800. The highest BCUT2D eigenvalue weighted by Gasteiger charge is 2.36. The third kappa shape index (κ3) is 8.76. The van der Waals surface area contributed by atoms with Gasteiger partial charge >= 0.3 is 0 Å². The summed E-state index contributed by atoms with van der Waals surface area (Å²) in [4.78, 5) is 30.5. The molecule has 0 heterocycles. The van der Waals surface area contributed by atoms with Crippen LogP contribution in [0.2, 0.25) is 5.02 Å². The van der Waals surface area contributed by atoms with Crippen molar-refractivity contribution in [3.8, 4) is 5.75 Å². The second-order valence-electron chi connectivity index (χ2n) is 12.2. The summed E-state index contributed by atoms with van der Waals surface area (Å²) in [6.07, 6.45) is 5.19. The number of anilines is 1. The molecule has 0 bridgehead atoms. The molecule has 1 saturated carbocycles. The smallest absolute Gasteiger partial charge is 0.264 e. The molecule has 5 rings (SSSR count). The predicted molar refractivity (Wildman–Crippen MR) is 190 cm³/mol. The van der Waals surface area contributed by atoms with Gasteiger partial charge in [-0.3, -0.25) is 13.9 Å². The first-order chi connectivity index (χ1) is 23.2. The van der Waals surface area contributed by atoms with Crippen molar-refractivity contribution in [1.29, 1.82) is 0 Å². The highest BCUT2D eigenvalue weighted by Crippen LogP contribution is 2.34. The second-order valence-corrected chi connectivity index (χ2v) is 14.5. The predicted octanol–water partition coefficient (Wildman–Crippen LogP) is 6.94. The van der Waals surface area contributed by atoms with Crippen LogP contribution in [-0.2, 0) is 32.6 Å². The number of nitrogens with zero attached hydrogens (tertiary/aromatic N) is 2. The summed E-state index contributed by atoms with van der Waals surface area (Å²) >= 11 is 6.36. The van der Waals surface area contributed by atoms with Crippen molar-refractivity contribution in [1.82, 2.24) is 10.2 Å². The minimum Gasteiger partial charge on any atom is -0.495 e. The van der Waals surface area contributed by atoms with Crippen molar-refractivity contribution in [3.05, 3.63) is 125 Å². The van der Waals surface area contributed by atoms with E-state index in [1.165, 1.54) is 24.1 Å². The molecular weight excluding hydrogens is 646 g/mol. The molecule has 4 aromatic carbocycles. The van der Waals surface area contributed by atoms with Crippen molar-refractivity contribution >= 4 is 39.1 Å². The maximum atomic E-state index is 14.8. The average Bonchev–Trinajstić information content (AvgIpc) is 3.09. The molecule has 48 heavy (non-hydrogen) atoms. The van der Waals surface area contributed by atoms with Gasteiger partial charge in [-0.25, -0.2) is 8.42 Å². The number of amides is 2.